The van der Waals surface area contributed by atoms with E-state index in [1.807, 2.05) is 6.07 Å². The first kappa shape index (κ1) is 60.8. The molecule has 0 saturated heterocycles. The van der Waals surface area contributed by atoms with Gasteiger partial charge in [0.25, 0.3) is 0 Å². The zero-order valence-corrected chi connectivity index (χ0v) is 55.9. The van der Waals surface area contributed by atoms with Crippen LogP contribution in [0.15, 0.2) is 411 Å². The van der Waals surface area contributed by atoms with Crippen LogP contribution in [0.1, 0.15) is 0 Å². The summed E-state index contributed by atoms with van der Waals surface area (Å²) in [7, 11) is 0. The highest BCUT2D eigenvalue weighted by Crippen LogP contribution is 2.47. The van der Waals surface area contributed by atoms with Gasteiger partial charge in [-0.1, -0.05) is 291 Å². The molecule has 4 heteroatoms. The zero-order chi connectivity index (χ0) is 67.7. The van der Waals surface area contributed by atoms with Gasteiger partial charge in [-0.3, -0.25) is 0 Å². The summed E-state index contributed by atoms with van der Waals surface area (Å²) in [5, 5.41) is 3.41. The van der Waals surface area contributed by atoms with E-state index >= 15 is 0 Å². The molecule has 0 bridgehead atoms. The van der Waals surface area contributed by atoms with E-state index in [0.29, 0.717) is 0 Å². The summed E-state index contributed by atoms with van der Waals surface area (Å²) in [6.45, 7) is 0. The molecule has 0 N–H and O–H groups in total. The smallest absolute Gasteiger partial charge is 0.143 e. The van der Waals surface area contributed by atoms with Crippen molar-refractivity contribution in [1.82, 2.24) is 4.57 Å². The number of para-hydroxylation sites is 2. The van der Waals surface area contributed by atoms with Crippen LogP contribution in [-0.4, -0.2) is 4.57 Å². The maximum Gasteiger partial charge on any atom is 0.143 e. The largest absolute Gasteiger partial charge is 0.455 e. The number of hydrogen-bond acceptors (Lipinski definition) is 3. The molecule has 0 aliphatic carbocycles. The molecule has 480 valence electrons. The van der Waals surface area contributed by atoms with Crippen LogP contribution >= 0.6 is 0 Å². The fourth-order valence-electron chi connectivity index (χ4n) is 14.8. The van der Waals surface area contributed by atoms with Crippen molar-refractivity contribution in [3.63, 3.8) is 0 Å². The third-order valence-corrected chi connectivity index (χ3v) is 19.9. The van der Waals surface area contributed by atoms with Gasteiger partial charge in [-0.25, -0.2) is 0 Å². The van der Waals surface area contributed by atoms with Crippen LogP contribution in [0.5, 0.6) is 0 Å². The zero-order valence-electron chi connectivity index (χ0n) is 55.9. The monoisotopic (exact) mass is 1300 g/mol. The molecule has 4 nitrogen and oxygen atoms in total. The maximum absolute atomic E-state index is 6.66. The number of rotatable bonds is 16. The van der Waals surface area contributed by atoms with Gasteiger partial charge in [-0.2, -0.15) is 0 Å². The first-order valence-corrected chi connectivity index (χ1v) is 34.9. The Kier molecular flexibility index (Phi) is 15.9. The number of anilines is 6. The van der Waals surface area contributed by atoms with E-state index in [2.05, 4.69) is 415 Å². The van der Waals surface area contributed by atoms with Crippen LogP contribution in [0, 0.1) is 0 Å². The summed E-state index contributed by atoms with van der Waals surface area (Å²) in [5.41, 5.74) is 31.1. The van der Waals surface area contributed by atoms with Crippen LogP contribution in [0.2, 0.25) is 0 Å². The van der Waals surface area contributed by atoms with Crippen molar-refractivity contribution < 1.29 is 4.42 Å². The molecule has 2 heterocycles. The van der Waals surface area contributed by atoms with Crippen molar-refractivity contribution in [3.8, 4) is 106 Å². The Bertz CT molecular complexity index is 5910. The van der Waals surface area contributed by atoms with E-state index in [1.165, 1.54) is 49.9 Å². The van der Waals surface area contributed by atoms with Crippen molar-refractivity contribution >= 4 is 67.0 Å². The molecular formula is C98H67N3O. The Labute approximate surface area is 594 Å². The van der Waals surface area contributed by atoms with Gasteiger partial charge in [0.1, 0.15) is 11.2 Å². The number of aromatic nitrogens is 1. The normalized spacial score (nSPS) is 11.3. The Balaban J connectivity index is 0.654. The van der Waals surface area contributed by atoms with Crippen LogP contribution in [0.3, 0.4) is 0 Å². The minimum atomic E-state index is 0.884. The first-order valence-electron chi connectivity index (χ1n) is 34.9. The Morgan fingerprint density at radius 2 is 0.539 bits per heavy atom. The second kappa shape index (κ2) is 26.7. The standard InChI is InChI=1S/C98H67N3O/c1-6-21-68(22-7-1)71-41-51-81(52-42-71)100(82-53-43-72(44-54-82)69-23-8-2-9-24-69)85-59-61-88(94(66-85)76-27-12-4-13-28-76)87-34-20-37-96-90(87)63-64-99(96)80-49-39-74(40-50-80)78-31-18-32-79(65-78)75-47-57-84(58-48-75)101(83-55-45-73(46-56-83)70-25-10-3-11-26-70)86-60-62-89(95(67-86)77-29-14-5-15-30-77)92-35-19-36-93-91-33-16-17-38-97(91)102-98(92)93/h1-67H. The van der Waals surface area contributed by atoms with E-state index < -0.39 is 0 Å². The van der Waals surface area contributed by atoms with Gasteiger partial charge in [0, 0.05) is 67.7 Å². The SMILES string of the molecule is c1ccc(-c2ccc(N(c3ccc(-c4ccccc4)cc3)c3ccc(-c4cccc5c4ccn5-c4ccc(-c5cccc(-c6ccc(N(c7ccc(-c8ccccc8)cc7)c7ccc(-c8cccc9c8oc8ccccc89)c(-c8ccccc8)c7)cc6)c5)cc4)c(-c4ccccc4)c3)cc2)cc1. The minimum Gasteiger partial charge on any atom is -0.455 e. The number of fused-ring (bicyclic) bond motifs is 4. The van der Waals surface area contributed by atoms with Gasteiger partial charge < -0.3 is 18.8 Å². The van der Waals surface area contributed by atoms with E-state index in [-0.39, 0.29) is 0 Å². The van der Waals surface area contributed by atoms with Crippen molar-refractivity contribution in [2.24, 2.45) is 0 Å². The van der Waals surface area contributed by atoms with Crippen molar-refractivity contribution in [2.75, 3.05) is 9.80 Å². The van der Waals surface area contributed by atoms with Gasteiger partial charge in [0.05, 0.1) is 5.52 Å². The lowest BCUT2D eigenvalue weighted by Gasteiger charge is -2.27. The molecular weight excluding hydrogens is 1240 g/mol. The van der Waals surface area contributed by atoms with Gasteiger partial charge in [-0.05, 0) is 204 Å². The highest BCUT2D eigenvalue weighted by Gasteiger charge is 2.23. The van der Waals surface area contributed by atoms with Gasteiger partial charge in [0.15, 0.2) is 0 Å². The molecule has 18 aromatic rings. The Morgan fingerprint density at radius 1 is 0.196 bits per heavy atom. The summed E-state index contributed by atoms with van der Waals surface area (Å²) >= 11 is 0. The summed E-state index contributed by atoms with van der Waals surface area (Å²) in [6, 6.07) is 145. The Hall–Kier alpha value is -13.5. The third-order valence-electron chi connectivity index (χ3n) is 19.9. The molecule has 0 aliphatic rings. The molecule has 0 spiro atoms. The lowest BCUT2D eigenvalue weighted by molar-refractivity contribution is 0.670. The molecule has 0 radical (unpaired) electrons. The molecule has 18 rings (SSSR count). The van der Waals surface area contributed by atoms with Crippen LogP contribution < -0.4 is 9.80 Å². The molecule has 2 aromatic heterocycles. The predicted molar refractivity (Wildman–Crippen MR) is 429 cm³/mol. The van der Waals surface area contributed by atoms with Crippen LogP contribution in [-0.2, 0) is 0 Å². The lowest BCUT2D eigenvalue weighted by atomic mass is 9.92. The fourth-order valence-corrected chi connectivity index (χ4v) is 14.8. The lowest BCUT2D eigenvalue weighted by Crippen LogP contribution is -2.10. The summed E-state index contributed by atoms with van der Waals surface area (Å²) in [6.07, 6.45) is 2.21. The molecule has 0 aliphatic heterocycles. The van der Waals surface area contributed by atoms with E-state index in [4.69, 9.17) is 4.42 Å². The molecule has 0 saturated carbocycles. The number of hydrogen-bond donors (Lipinski definition) is 0. The molecule has 16 aromatic carbocycles. The first-order chi connectivity index (χ1) is 50.6. The number of benzene rings is 16. The average molecular weight is 1300 g/mol. The van der Waals surface area contributed by atoms with Crippen LogP contribution in [0.4, 0.5) is 34.1 Å². The minimum absolute atomic E-state index is 0.884. The van der Waals surface area contributed by atoms with E-state index in [1.54, 1.807) is 0 Å². The summed E-state index contributed by atoms with van der Waals surface area (Å²) in [5.74, 6) is 0. The van der Waals surface area contributed by atoms with Crippen molar-refractivity contribution in [1.29, 1.82) is 0 Å². The number of nitrogens with zero attached hydrogens (tertiary/aromatic N) is 3. The second-order valence-corrected chi connectivity index (χ2v) is 26.0. The summed E-state index contributed by atoms with van der Waals surface area (Å²) < 4.78 is 8.98. The third kappa shape index (κ3) is 11.7. The highest BCUT2D eigenvalue weighted by molar-refractivity contribution is 6.11. The molecule has 0 amide bonds. The van der Waals surface area contributed by atoms with Crippen LogP contribution in [0.25, 0.3) is 139 Å². The highest BCUT2D eigenvalue weighted by atomic mass is 16.3. The topological polar surface area (TPSA) is 24.6 Å². The van der Waals surface area contributed by atoms with Gasteiger partial charge in [0.2, 0.25) is 0 Å². The molecule has 0 fully saturated rings. The predicted octanol–water partition coefficient (Wildman–Crippen LogP) is 27.5. The summed E-state index contributed by atoms with van der Waals surface area (Å²) in [4.78, 5) is 4.75. The van der Waals surface area contributed by atoms with Crippen molar-refractivity contribution in [2.45, 2.75) is 0 Å². The number of furan rings is 1. The average Bonchev–Trinajstić information content (AvgIpc) is 1.51. The quantitative estimate of drug-likeness (QED) is 0.0964. The Morgan fingerprint density at radius 3 is 1.01 bits per heavy atom. The molecule has 0 unspecified atom stereocenters. The van der Waals surface area contributed by atoms with E-state index in [9.17, 15) is 0 Å². The second-order valence-electron chi connectivity index (χ2n) is 26.0. The van der Waals surface area contributed by atoms with E-state index in [0.717, 1.165) is 123 Å². The van der Waals surface area contributed by atoms with Gasteiger partial charge in [-0.15, -0.1) is 0 Å². The fraction of sp³-hybridized carbons (Fsp3) is 0. The van der Waals surface area contributed by atoms with Gasteiger partial charge >= 0.3 is 0 Å². The molecule has 0 atom stereocenters. The van der Waals surface area contributed by atoms with Crippen molar-refractivity contribution in [3.05, 3.63) is 407 Å². The molecule has 102 heavy (non-hydrogen) atoms. The maximum atomic E-state index is 6.66.